The lowest BCUT2D eigenvalue weighted by Gasteiger charge is -2.23. The van der Waals surface area contributed by atoms with Crippen molar-refractivity contribution in [3.8, 4) is 0 Å². The molecule has 1 atom stereocenters. The van der Waals surface area contributed by atoms with Crippen LogP contribution in [0.3, 0.4) is 0 Å². The van der Waals surface area contributed by atoms with E-state index in [-0.39, 0.29) is 0 Å². The second-order valence-electron chi connectivity index (χ2n) is 5.04. The molecule has 1 rings (SSSR count). The number of hydrogen-bond acceptors (Lipinski definition) is 2. The molecule has 0 saturated heterocycles. The molecule has 0 aliphatic carbocycles. The summed E-state index contributed by atoms with van der Waals surface area (Å²) in [6, 6.07) is 6.70. The van der Waals surface area contributed by atoms with Gasteiger partial charge in [0, 0.05) is 0 Å². The summed E-state index contributed by atoms with van der Waals surface area (Å²) in [5, 5.41) is 0. The molecule has 4 N–H and O–H groups in total. The van der Waals surface area contributed by atoms with E-state index in [2.05, 4.69) is 39.0 Å². The summed E-state index contributed by atoms with van der Waals surface area (Å²) in [5.41, 5.74) is 15.7. The van der Waals surface area contributed by atoms with Gasteiger partial charge in [0.1, 0.15) is 0 Å². The van der Waals surface area contributed by atoms with Gasteiger partial charge < -0.3 is 11.5 Å². The molecule has 0 spiro atoms. The Bertz CT molecular complexity index is 343. The monoisotopic (exact) mass is 234 g/mol. The molecule has 1 aromatic carbocycles. The first-order valence-corrected chi connectivity index (χ1v) is 6.59. The van der Waals surface area contributed by atoms with Crippen LogP contribution < -0.4 is 11.5 Å². The van der Waals surface area contributed by atoms with Crippen molar-refractivity contribution >= 4 is 0 Å². The Labute approximate surface area is 105 Å². The van der Waals surface area contributed by atoms with Crippen LogP contribution >= 0.6 is 0 Å². The minimum atomic E-state index is 0.444. The molecule has 17 heavy (non-hydrogen) atoms. The molecule has 2 heteroatoms. The van der Waals surface area contributed by atoms with Crippen molar-refractivity contribution in [1.29, 1.82) is 0 Å². The number of rotatable bonds is 6. The van der Waals surface area contributed by atoms with Crippen LogP contribution in [0.2, 0.25) is 0 Å². The van der Waals surface area contributed by atoms with Crippen LogP contribution in [0.4, 0.5) is 0 Å². The Balaban J connectivity index is 2.89. The van der Waals surface area contributed by atoms with Gasteiger partial charge in [0.15, 0.2) is 0 Å². The van der Waals surface area contributed by atoms with E-state index in [4.69, 9.17) is 11.5 Å². The fourth-order valence-corrected chi connectivity index (χ4v) is 2.40. The van der Waals surface area contributed by atoms with Crippen LogP contribution in [0.25, 0.3) is 0 Å². The van der Waals surface area contributed by atoms with E-state index in [1.165, 1.54) is 16.7 Å². The summed E-state index contributed by atoms with van der Waals surface area (Å²) in [4.78, 5) is 0. The van der Waals surface area contributed by atoms with E-state index in [1.54, 1.807) is 0 Å². The molecule has 0 fully saturated rings. The fourth-order valence-electron chi connectivity index (χ4n) is 2.40. The first-order chi connectivity index (χ1) is 8.12. The third kappa shape index (κ3) is 3.83. The van der Waals surface area contributed by atoms with E-state index in [1.807, 2.05) is 0 Å². The van der Waals surface area contributed by atoms with Gasteiger partial charge in [0.2, 0.25) is 0 Å². The number of nitrogens with two attached hydrogens (primary N) is 2. The van der Waals surface area contributed by atoms with Crippen molar-refractivity contribution in [3.05, 3.63) is 34.9 Å². The Hall–Kier alpha value is -0.860. The number of aryl methyl sites for hydroxylation is 2. The zero-order chi connectivity index (χ0) is 12.8. The van der Waals surface area contributed by atoms with Crippen LogP contribution in [0.1, 0.15) is 42.4 Å². The zero-order valence-corrected chi connectivity index (χ0v) is 11.4. The van der Waals surface area contributed by atoms with Crippen molar-refractivity contribution in [2.45, 2.75) is 39.5 Å². The molecule has 1 unspecified atom stereocenters. The quantitative estimate of drug-likeness (QED) is 0.795. The van der Waals surface area contributed by atoms with Gasteiger partial charge >= 0.3 is 0 Å². The van der Waals surface area contributed by atoms with Gasteiger partial charge in [-0.2, -0.15) is 0 Å². The Morgan fingerprint density at radius 2 is 1.76 bits per heavy atom. The summed E-state index contributed by atoms with van der Waals surface area (Å²) in [5.74, 6) is 1.03. The summed E-state index contributed by atoms with van der Waals surface area (Å²) >= 11 is 0. The highest BCUT2D eigenvalue weighted by Crippen LogP contribution is 2.29. The normalized spacial score (nSPS) is 13.1. The number of benzene rings is 1. The van der Waals surface area contributed by atoms with Crippen LogP contribution in [0, 0.1) is 19.8 Å². The molecule has 0 bridgehead atoms. The van der Waals surface area contributed by atoms with Gasteiger partial charge in [-0.1, -0.05) is 30.7 Å². The third-order valence-electron chi connectivity index (χ3n) is 3.65. The molecule has 0 heterocycles. The lowest BCUT2D eigenvalue weighted by molar-refractivity contribution is 0.441. The van der Waals surface area contributed by atoms with Crippen molar-refractivity contribution in [3.63, 3.8) is 0 Å². The maximum atomic E-state index is 5.75. The second kappa shape index (κ2) is 6.77. The van der Waals surface area contributed by atoms with E-state index in [0.717, 1.165) is 12.8 Å². The first kappa shape index (κ1) is 14.2. The molecule has 96 valence electrons. The summed E-state index contributed by atoms with van der Waals surface area (Å²) in [6.07, 6.45) is 2.26. The highest BCUT2D eigenvalue weighted by Gasteiger charge is 2.16. The fraction of sp³-hybridized carbons (Fsp3) is 0.600. The molecular weight excluding hydrogens is 208 g/mol. The Morgan fingerprint density at radius 3 is 2.29 bits per heavy atom. The molecule has 0 aromatic heterocycles. The maximum Gasteiger partial charge on any atom is -0.00366 e. The van der Waals surface area contributed by atoms with E-state index in [9.17, 15) is 0 Å². The molecule has 0 saturated carbocycles. The van der Waals surface area contributed by atoms with Crippen molar-refractivity contribution in [2.75, 3.05) is 13.1 Å². The molecule has 0 amide bonds. The largest absolute Gasteiger partial charge is 0.330 e. The SMILES string of the molecule is CCC(CC(CN)CN)c1cc(C)ccc1C. The molecule has 0 aliphatic heterocycles. The predicted octanol–water partition coefficient (Wildman–Crippen LogP) is 2.72. The van der Waals surface area contributed by atoms with Crippen LogP contribution in [-0.2, 0) is 0 Å². The van der Waals surface area contributed by atoms with Crippen molar-refractivity contribution < 1.29 is 0 Å². The zero-order valence-electron chi connectivity index (χ0n) is 11.4. The second-order valence-corrected chi connectivity index (χ2v) is 5.04. The molecule has 2 nitrogen and oxygen atoms in total. The third-order valence-corrected chi connectivity index (χ3v) is 3.65. The van der Waals surface area contributed by atoms with Gasteiger partial charge in [-0.15, -0.1) is 0 Å². The van der Waals surface area contributed by atoms with Gasteiger partial charge in [0.25, 0.3) is 0 Å². The predicted molar refractivity (Wildman–Crippen MR) is 75.2 cm³/mol. The van der Waals surface area contributed by atoms with E-state index >= 15 is 0 Å². The molecular formula is C15H26N2. The maximum absolute atomic E-state index is 5.75. The van der Waals surface area contributed by atoms with Crippen LogP contribution in [-0.4, -0.2) is 13.1 Å². The van der Waals surface area contributed by atoms with E-state index in [0.29, 0.717) is 24.9 Å². The standard InChI is InChI=1S/C15H26N2/c1-4-14(8-13(9-16)10-17)15-7-11(2)5-6-12(15)3/h5-7,13-14H,4,8-10,16-17H2,1-3H3. The lowest BCUT2D eigenvalue weighted by Crippen LogP contribution is -2.25. The summed E-state index contributed by atoms with van der Waals surface area (Å²) in [7, 11) is 0. The van der Waals surface area contributed by atoms with Crippen molar-refractivity contribution in [2.24, 2.45) is 17.4 Å². The summed E-state index contributed by atoms with van der Waals surface area (Å²) in [6.45, 7) is 7.97. The minimum Gasteiger partial charge on any atom is -0.330 e. The highest BCUT2D eigenvalue weighted by molar-refractivity contribution is 5.33. The molecule has 0 aliphatic rings. The Morgan fingerprint density at radius 1 is 1.12 bits per heavy atom. The van der Waals surface area contributed by atoms with Gasteiger partial charge in [-0.05, 0) is 62.7 Å². The van der Waals surface area contributed by atoms with Crippen LogP contribution in [0.15, 0.2) is 18.2 Å². The average molecular weight is 234 g/mol. The minimum absolute atomic E-state index is 0.444. The smallest absolute Gasteiger partial charge is 0.00366 e. The lowest BCUT2D eigenvalue weighted by atomic mass is 9.84. The van der Waals surface area contributed by atoms with Gasteiger partial charge in [-0.3, -0.25) is 0 Å². The molecule has 0 radical (unpaired) electrons. The molecule has 1 aromatic rings. The van der Waals surface area contributed by atoms with E-state index < -0.39 is 0 Å². The van der Waals surface area contributed by atoms with Gasteiger partial charge in [-0.25, -0.2) is 0 Å². The van der Waals surface area contributed by atoms with Crippen molar-refractivity contribution in [1.82, 2.24) is 0 Å². The number of hydrogen-bond donors (Lipinski definition) is 2. The average Bonchev–Trinajstić information content (AvgIpc) is 2.34. The van der Waals surface area contributed by atoms with Crippen LogP contribution in [0.5, 0.6) is 0 Å². The Kier molecular flexibility index (Phi) is 5.66. The highest BCUT2D eigenvalue weighted by atomic mass is 14.6. The first-order valence-electron chi connectivity index (χ1n) is 6.59. The summed E-state index contributed by atoms with van der Waals surface area (Å²) < 4.78 is 0. The van der Waals surface area contributed by atoms with Gasteiger partial charge in [0.05, 0.1) is 0 Å². The topological polar surface area (TPSA) is 52.0 Å².